The monoisotopic (exact) mass is 402 g/mol. The van der Waals surface area contributed by atoms with E-state index in [9.17, 15) is 8.78 Å². The molecule has 3 heterocycles. The van der Waals surface area contributed by atoms with Crippen LogP contribution >= 0.6 is 0 Å². The van der Waals surface area contributed by atoms with Crippen molar-refractivity contribution in [3.8, 4) is 5.95 Å². The molecule has 29 heavy (non-hydrogen) atoms. The molecule has 0 atom stereocenters. The van der Waals surface area contributed by atoms with E-state index in [-0.39, 0.29) is 18.8 Å². The average Bonchev–Trinajstić information content (AvgIpc) is 3.31. The second-order valence-corrected chi connectivity index (χ2v) is 7.67. The third kappa shape index (κ3) is 4.78. The van der Waals surface area contributed by atoms with Crippen molar-refractivity contribution in [2.24, 2.45) is 5.92 Å². The maximum atomic E-state index is 13.5. The Morgan fingerprint density at radius 3 is 2.66 bits per heavy atom. The smallest absolute Gasteiger partial charge is 0.252 e. The van der Waals surface area contributed by atoms with Gasteiger partial charge in [-0.1, -0.05) is 0 Å². The fourth-order valence-corrected chi connectivity index (χ4v) is 3.71. The lowest BCUT2D eigenvalue weighted by atomic mass is 9.84. The van der Waals surface area contributed by atoms with Gasteiger partial charge in [0, 0.05) is 30.3 Å². The Kier molecular flexibility index (Phi) is 5.29. The molecule has 0 saturated heterocycles. The Labute approximate surface area is 167 Å². The molecule has 0 spiro atoms. The van der Waals surface area contributed by atoms with Crippen LogP contribution in [0.3, 0.4) is 0 Å². The number of anilines is 1. The molecule has 0 aliphatic heterocycles. The zero-order chi connectivity index (χ0) is 20.4. The topological polar surface area (TPSA) is 81.7 Å². The second-order valence-electron chi connectivity index (χ2n) is 7.67. The first-order valence-electron chi connectivity index (χ1n) is 9.80. The minimum absolute atomic E-state index is 0.0532. The fraction of sp³-hybridized carbons (Fsp3) is 0.500. The van der Waals surface area contributed by atoms with Gasteiger partial charge < -0.3 is 9.73 Å². The molecule has 4 rings (SSSR count). The molecular formula is C20H24F2N6O. The molecule has 3 aromatic heterocycles. The summed E-state index contributed by atoms with van der Waals surface area (Å²) in [4.78, 5) is 13.4. The molecule has 1 saturated carbocycles. The predicted octanol–water partition coefficient (Wildman–Crippen LogP) is 4.25. The number of oxazole rings is 1. The summed E-state index contributed by atoms with van der Waals surface area (Å²) in [5.41, 5.74) is 2.61. The summed E-state index contributed by atoms with van der Waals surface area (Å²) >= 11 is 0. The van der Waals surface area contributed by atoms with Crippen molar-refractivity contribution in [2.75, 3.05) is 5.32 Å². The van der Waals surface area contributed by atoms with E-state index in [1.165, 1.54) is 6.26 Å². The van der Waals surface area contributed by atoms with Gasteiger partial charge in [-0.3, -0.25) is 0 Å². The van der Waals surface area contributed by atoms with Crippen molar-refractivity contribution in [1.82, 2.24) is 24.7 Å². The molecule has 9 heteroatoms. The number of aromatic nitrogens is 5. The largest absolute Gasteiger partial charge is 0.447 e. The van der Waals surface area contributed by atoms with Gasteiger partial charge in [-0.2, -0.15) is 10.1 Å². The number of rotatable bonds is 6. The van der Waals surface area contributed by atoms with E-state index in [1.54, 1.807) is 10.9 Å². The van der Waals surface area contributed by atoms with Crippen LogP contribution in [0.5, 0.6) is 0 Å². The lowest BCUT2D eigenvalue weighted by Crippen LogP contribution is -2.25. The molecular weight excluding hydrogens is 378 g/mol. The molecule has 1 N–H and O–H groups in total. The Hall–Kier alpha value is -2.84. The molecule has 1 aliphatic carbocycles. The molecule has 3 aromatic rings. The quantitative estimate of drug-likeness (QED) is 0.664. The predicted molar refractivity (Wildman–Crippen MR) is 103 cm³/mol. The van der Waals surface area contributed by atoms with Gasteiger partial charge in [0.25, 0.3) is 5.95 Å². The normalized spacial score (nSPS) is 16.8. The molecule has 154 valence electrons. The number of hydrogen-bond donors (Lipinski definition) is 1. The molecule has 1 aliphatic rings. The fourth-order valence-electron chi connectivity index (χ4n) is 3.71. The van der Waals surface area contributed by atoms with Gasteiger partial charge in [-0.15, -0.1) is 0 Å². The molecule has 1 fully saturated rings. The van der Waals surface area contributed by atoms with E-state index in [1.807, 2.05) is 26.0 Å². The maximum Gasteiger partial charge on any atom is 0.252 e. The highest BCUT2D eigenvalue weighted by atomic mass is 19.3. The van der Waals surface area contributed by atoms with E-state index in [2.05, 4.69) is 25.4 Å². The second kappa shape index (κ2) is 7.88. The lowest BCUT2D eigenvalue weighted by Gasteiger charge is -2.28. The van der Waals surface area contributed by atoms with Crippen LogP contribution in [0.25, 0.3) is 5.95 Å². The van der Waals surface area contributed by atoms with E-state index in [0.717, 1.165) is 17.1 Å². The average molecular weight is 402 g/mol. The van der Waals surface area contributed by atoms with Crippen LogP contribution in [-0.2, 0) is 13.0 Å². The SMILES string of the molecule is Cc1cc(C)n(-c2nc(CC3CCC(F)(F)CC3)cc(NCc3ncco3)n2)n1. The highest BCUT2D eigenvalue weighted by Crippen LogP contribution is 2.37. The summed E-state index contributed by atoms with van der Waals surface area (Å²) in [7, 11) is 0. The van der Waals surface area contributed by atoms with Gasteiger partial charge in [-0.05, 0) is 45.1 Å². The highest BCUT2D eigenvalue weighted by molar-refractivity contribution is 5.39. The van der Waals surface area contributed by atoms with Crippen LogP contribution in [0.15, 0.2) is 29.0 Å². The first-order chi connectivity index (χ1) is 13.9. The van der Waals surface area contributed by atoms with E-state index in [0.29, 0.717) is 43.5 Å². The van der Waals surface area contributed by atoms with Crippen LogP contribution in [0, 0.1) is 19.8 Å². The number of aryl methyl sites for hydroxylation is 2. The van der Waals surface area contributed by atoms with Gasteiger partial charge in [-0.25, -0.2) is 23.4 Å². The van der Waals surface area contributed by atoms with Gasteiger partial charge in [0.05, 0.1) is 18.4 Å². The van der Waals surface area contributed by atoms with Crippen molar-refractivity contribution in [3.05, 3.63) is 47.6 Å². The van der Waals surface area contributed by atoms with Crippen molar-refractivity contribution >= 4 is 5.82 Å². The minimum atomic E-state index is -2.53. The molecule has 0 bridgehead atoms. The Morgan fingerprint density at radius 1 is 1.21 bits per heavy atom. The number of nitrogens with one attached hydrogen (secondary N) is 1. The van der Waals surface area contributed by atoms with Crippen LogP contribution in [0.1, 0.15) is 48.7 Å². The maximum absolute atomic E-state index is 13.5. The zero-order valence-corrected chi connectivity index (χ0v) is 16.5. The number of nitrogens with zero attached hydrogens (tertiary/aromatic N) is 5. The first-order valence-corrected chi connectivity index (χ1v) is 9.80. The standard InChI is InChI=1S/C20H24F2N6O/c1-13-9-14(2)28(27-13)19-25-16(10-15-3-5-20(21,22)6-4-15)11-17(26-19)24-12-18-23-7-8-29-18/h7-9,11,15H,3-6,10,12H2,1-2H3,(H,24,25,26). The minimum Gasteiger partial charge on any atom is -0.447 e. The van der Waals surface area contributed by atoms with Crippen LogP contribution < -0.4 is 5.32 Å². The number of halogens is 2. The molecule has 7 nitrogen and oxygen atoms in total. The molecule has 0 unspecified atom stereocenters. The van der Waals surface area contributed by atoms with Gasteiger partial charge in [0.1, 0.15) is 12.1 Å². The lowest BCUT2D eigenvalue weighted by molar-refractivity contribution is -0.0457. The summed E-state index contributed by atoms with van der Waals surface area (Å²) in [5.74, 6) is -0.703. The summed E-state index contributed by atoms with van der Waals surface area (Å²) < 4.78 is 33.9. The third-order valence-corrected chi connectivity index (χ3v) is 5.21. The van der Waals surface area contributed by atoms with Crippen LogP contribution in [-0.4, -0.2) is 30.7 Å². The van der Waals surface area contributed by atoms with E-state index >= 15 is 0 Å². The van der Waals surface area contributed by atoms with Crippen LogP contribution in [0.4, 0.5) is 14.6 Å². The van der Waals surface area contributed by atoms with Crippen molar-refractivity contribution < 1.29 is 13.2 Å². The third-order valence-electron chi connectivity index (χ3n) is 5.21. The van der Waals surface area contributed by atoms with E-state index < -0.39 is 5.92 Å². The summed E-state index contributed by atoms with van der Waals surface area (Å²) in [6.45, 7) is 4.24. The molecule has 0 radical (unpaired) electrons. The van der Waals surface area contributed by atoms with Gasteiger partial charge in [0.15, 0.2) is 0 Å². The number of alkyl halides is 2. The summed E-state index contributed by atoms with van der Waals surface area (Å²) in [5, 5.41) is 7.68. The summed E-state index contributed by atoms with van der Waals surface area (Å²) in [6.07, 6.45) is 4.64. The Balaban J connectivity index is 1.58. The van der Waals surface area contributed by atoms with Crippen LogP contribution in [0.2, 0.25) is 0 Å². The zero-order valence-electron chi connectivity index (χ0n) is 16.5. The highest BCUT2D eigenvalue weighted by Gasteiger charge is 2.35. The van der Waals surface area contributed by atoms with Crippen molar-refractivity contribution in [2.45, 2.75) is 58.4 Å². The Morgan fingerprint density at radius 2 is 2.00 bits per heavy atom. The molecule has 0 amide bonds. The van der Waals surface area contributed by atoms with Crippen molar-refractivity contribution in [1.29, 1.82) is 0 Å². The number of hydrogen-bond acceptors (Lipinski definition) is 6. The Bertz CT molecular complexity index is 960. The van der Waals surface area contributed by atoms with E-state index in [4.69, 9.17) is 4.42 Å². The molecule has 0 aromatic carbocycles. The summed E-state index contributed by atoms with van der Waals surface area (Å²) in [6, 6.07) is 3.82. The van der Waals surface area contributed by atoms with Crippen molar-refractivity contribution in [3.63, 3.8) is 0 Å². The van der Waals surface area contributed by atoms with Gasteiger partial charge >= 0.3 is 0 Å². The van der Waals surface area contributed by atoms with Gasteiger partial charge in [0.2, 0.25) is 11.8 Å². The first kappa shape index (κ1) is 19.5.